The average Bonchev–Trinajstić information content (AvgIpc) is 2.16. The summed E-state index contributed by atoms with van der Waals surface area (Å²) in [5, 5.41) is 0. The van der Waals surface area contributed by atoms with Crippen molar-refractivity contribution < 1.29 is 0 Å². The first kappa shape index (κ1) is 13.0. The lowest BCUT2D eigenvalue weighted by Crippen LogP contribution is -2.06. The van der Waals surface area contributed by atoms with Crippen molar-refractivity contribution in [2.75, 3.05) is 0 Å². The molecule has 0 aromatic heterocycles. The van der Waals surface area contributed by atoms with Crippen molar-refractivity contribution in [3.05, 3.63) is 6.42 Å². The normalized spacial score (nSPS) is 15.7. The van der Waals surface area contributed by atoms with Gasteiger partial charge < -0.3 is 0 Å². The van der Waals surface area contributed by atoms with E-state index in [-0.39, 0.29) is 0 Å². The third-order valence-electron chi connectivity index (χ3n) is 2.95. The van der Waals surface area contributed by atoms with Crippen molar-refractivity contribution in [3.8, 4) is 0 Å². The topological polar surface area (TPSA) is 0 Å². The number of hydrogen-bond acceptors (Lipinski definition) is 0. The van der Waals surface area contributed by atoms with Crippen LogP contribution in [0.2, 0.25) is 0 Å². The van der Waals surface area contributed by atoms with Crippen LogP contribution in [0.3, 0.4) is 0 Å². The van der Waals surface area contributed by atoms with Gasteiger partial charge in [-0.25, -0.2) is 0 Å². The lowest BCUT2D eigenvalue weighted by molar-refractivity contribution is 0.442. The minimum atomic E-state index is 0.812. The lowest BCUT2D eigenvalue weighted by Gasteiger charge is -2.17. The Bertz CT molecular complexity index is 96.2. The van der Waals surface area contributed by atoms with Gasteiger partial charge in [0.15, 0.2) is 0 Å². The van der Waals surface area contributed by atoms with Gasteiger partial charge in [-0.2, -0.15) is 0 Å². The van der Waals surface area contributed by atoms with Crippen LogP contribution in [0.1, 0.15) is 66.2 Å². The maximum Gasteiger partial charge on any atom is -0.0327 e. The molecule has 0 fully saturated rings. The fraction of sp³-hybridized carbons (Fsp3) is 0.923. The molecule has 0 saturated heterocycles. The molecule has 0 heteroatoms. The van der Waals surface area contributed by atoms with Crippen LogP contribution in [0.4, 0.5) is 0 Å². The molecular weight excluding hydrogens is 156 g/mol. The Labute approximate surface area is 85.1 Å². The molecule has 0 spiro atoms. The van der Waals surface area contributed by atoms with Crippen molar-refractivity contribution in [2.45, 2.75) is 66.2 Å². The Kier molecular flexibility index (Phi) is 8.59. The molecule has 0 aromatic rings. The van der Waals surface area contributed by atoms with E-state index in [0.29, 0.717) is 0 Å². The first-order chi connectivity index (χ1) is 6.24. The zero-order chi connectivity index (χ0) is 10.1. The fourth-order valence-electron chi connectivity index (χ4n) is 1.69. The molecule has 0 aliphatic heterocycles. The summed E-state index contributed by atoms with van der Waals surface area (Å²) < 4.78 is 0. The van der Waals surface area contributed by atoms with Gasteiger partial charge in [-0.3, -0.25) is 0 Å². The van der Waals surface area contributed by atoms with E-state index in [0.717, 1.165) is 11.8 Å². The van der Waals surface area contributed by atoms with E-state index >= 15 is 0 Å². The molecule has 1 radical (unpaired) electrons. The molecule has 0 bridgehead atoms. The molecule has 0 heterocycles. The molecule has 0 saturated carbocycles. The monoisotopic (exact) mass is 183 g/mol. The molecule has 0 aliphatic carbocycles. The largest absolute Gasteiger partial charge is 0.0654 e. The number of hydrogen-bond donors (Lipinski definition) is 0. The Hall–Kier alpha value is 0. The highest BCUT2D eigenvalue weighted by Gasteiger charge is 2.09. The van der Waals surface area contributed by atoms with Gasteiger partial charge in [-0.15, -0.1) is 0 Å². The molecule has 2 unspecified atom stereocenters. The van der Waals surface area contributed by atoms with Gasteiger partial charge in [0, 0.05) is 0 Å². The summed E-state index contributed by atoms with van der Waals surface area (Å²) in [5.41, 5.74) is 0. The molecule has 0 aromatic carbocycles. The van der Waals surface area contributed by atoms with Crippen molar-refractivity contribution in [2.24, 2.45) is 11.8 Å². The second-order valence-electron chi connectivity index (χ2n) is 4.24. The molecule has 2 atom stereocenters. The molecule has 0 N–H and O–H groups in total. The van der Waals surface area contributed by atoms with Crippen molar-refractivity contribution in [1.82, 2.24) is 0 Å². The van der Waals surface area contributed by atoms with Crippen LogP contribution in [0.5, 0.6) is 0 Å². The Morgan fingerprint density at radius 1 is 1.00 bits per heavy atom. The van der Waals surface area contributed by atoms with Gasteiger partial charge in [-0.1, -0.05) is 66.2 Å². The predicted octanol–water partition coefficient (Wildman–Crippen LogP) is 4.84. The quantitative estimate of drug-likeness (QED) is 0.472. The average molecular weight is 183 g/mol. The first-order valence-electron chi connectivity index (χ1n) is 6.09. The fourth-order valence-corrected chi connectivity index (χ4v) is 1.69. The summed E-state index contributed by atoms with van der Waals surface area (Å²) in [6.45, 7) is 9.21. The molecule has 0 amide bonds. The summed E-state index contributed by atoms with van der Waals surface area (Å²) >= 11 is 0. The second-order valence-corrected chi connectivity index (χ2v) is 4.24. The van der Waals surface area contributed by atoms with Crippen LogP contribution in [-0.4, -0.2) is 0 Å². The van der Waals surface area contributed by atoms with Gasteiger partial charge in [0.2, 0.25) is 0 Å². The zero-order valence-electron chi connectivity index (χ0n) is 9.97. The maximum absolute atomic E-state index is 2.57. The van der Waals surface area contributed by atoms with Crippen molar-refractivity contribution >= 4 is 0 Å². The van der Waals surface area contributed by atoms with Crippen LogP contribution in [-0.2, 0) is 0 Å². The first-order valence-corrected chi connectivity index (χ1v) is 6.09. The van der Waals surface area contributed by atoms with E-state index in [2.05, 4.69) is 34.1 Å². The summed E-state index contributed by atoms with van der Waals surface area (Å²) in [6, 6.07) is 0. The Morgan fingerprint density at radius 3 is 2.15 bits per heavy atom. The van der Waals surface area contributed by atoms with E-state index in [1.807, 2.05) is 0 Å². The van der Waals surface area contributed by atoms with E-state index in [4.69, 9.17) is 0 Å². The lowest BCUT2D eigenvalue weighted by atomic mass is 9.88. The predicted molar refractivity (Wildman–Crippen MR) is 61.7 cm³/mol. The molecular formula is C13H27. The second kappa shape index (κ2) is 8.59. The van der Waals surface area contributed by atoms with Gasteiger partial charge in [-0.05, 0) is 18.3 Å². The Morgan fingerprint density at radius 2 is 1.69 bits per heavy atom. The van der Waals surface area contributed by atoms with Crippen LogP contribution in [0.25, 0.3) is 0 Å². The molecule has 79 valence electrons. The highest BCUT2D eigenvalue weighted by Crippen LogP contribution is 2.22. The van der Waals surface area contributed by atoms with E-state index in [1.165, 1.54) is 38.5 Å². The van der Waals surface area contributed by atoms with Gasteiger partial charge >= 0.3 is 0 Å². The summed E-state index contributed by atoms with van der Waals surface area (Å²) in [5.74, 6) is 1.69. The maximum atomic E-state index is 2.57. The highest BCUT2D eigenvalue weighted by molar-refractivity contribution is 4.79. The SMILES string of the molecule is CCCCCC([CH]C(C)CC)CC. The number of unbranched alkanes of at least 4 members (excludes halogenated alkanes) is 2. The van der Waals surface area contributed by atoms with Crippen LogP contribution in [0.15, 0.2) is 0 Å². The number of rotatable bonds is 8. The minimum Gasteiger partial charge on any atom is -0.0654 e. The summed E-state index contributed by atoms with van der Waals surface area (Å²) in [7, 11) is 0. The summed E-state index contributed by atoms with van der Waals surface area (Å²) in [6.07, 6.45) is 10.8. The van der Waals surface area contributed by atoms with E-state index in [1.54, 1.807) is 0 Å². The standard InChI is InChI=1S/C13H27/c1-5-8-9-10-13(7-3)11-12(4)6-2/h11-13H,5-10H2,1-4H3. The van der Waals surface area contributed by atoms with Gasteiger partial charge in [0.1, 0.15) is 0 Å². The van der Waals surface area contributed by atoms with Gasteiger partial charge in [0.05, 0.1) is 0 Å². The molecule has 0 nitrogen and oxygen atoms in total. The van der Waals surface area contributed by atoms with Crippen LogP contribution < -0.4 is 0 Å². The van der Waals surface area contributed by atoms with Crippen molar-refractivity contribution in [1.29, 1.82) is 0 Å². The third kappa shape index (κ3) is 7.10. The van der Waals surface area contributed by atoms with Crippen LogP contribution in [0, 0.1) is 18.3 Å². The molecule has 0 aliphatic rings. The minimum absolute atomic E-state index is 0.812. The highest BCUT2D eigenvalue weighted by atomic mass is 14.1. The van der Waals surface area contributed by atoms with Gasteiger partial charge in [0.25, 0.3) is 0 Å². The van der Waals surface area contributed by atoms with Crippen LogP contribution >= 0.6 is 0 Å². The van der Waals surface area contributed by atoms with E-state index in [9.17, 15) is 0 Å². The summed E-state index contributed by atoms with van der Waals surface area (Å²) in [4.78, 5) is 0. The van der Waals surface area contributed by atoms with Crippen molar-refractivity contribution in [3.63, 3.8) is 0 Å². The smallest absolute Gasteiger partial charge is 0.0327 e. The third-order valence-corrected chi connectivity index (χ3v) is 2.95. The molecule has 13 heavy (non-hydrogen) atoms. The Balaban J connectivity index is 3.50. The zero-order valence-corrected chi connectivity index (χ0v) is 9.97. The molecule has 0 rings (SSSR count). The van der Waals surface area contributed by atoms with E-state index < -0.39 is 0 Å².